The SMILES string of the molecule is CCC1CCCN1C(=O)CCNC(C)C. The van der Waals surface area contributed by atoms with Crippen molar-refractivity contribution in [3.05, 3.63) is 0 Å². The smallest absolute Gasteiger partial charge is 0.224 e. The molecule has 1 heterocycles. The monoisotopic (exact) mass is 212 g/mol. The Morgan fingerprint density at radius 2 is 2.27 bits per heavy atom. The number of nitrogens with zero attached hydrogens (tertiary/aromatic N) is 1. The van der Waals surface area contributed by atoms with Crippen molar-refractivity contribution in [3.8, 4) is 0 Å². The molecule has 15 heavy (non-hydrogen) atoms. The van der Waals surface area contributed by atoms with E-state index < -0.39 is 0 Å². The maximum atomic E-state index is 11.9. The summed E-state index contributed by atoms with van der Waals surface area (Å²) >= 11 is 0. The third-order valence-electron chi connectivity index (χ3n) is 3.06. The van der Waals surface area contributed by atoms with Crippen molar-refractivity contribution in [2.24, 2.45) is 0 Å². The number of carbonyl (C=O) groups is 1. The molecule has 0 aliphatic carbocycles. The van der Waals surface area contributed by atoms with Crippen molar-refractivity contribution < 1.29 is 4.79 Å². The third kappa shape index (κ3) is 3.82. The van der Waals surface area contributed by atoms with E-state index in [9.17, 15) is 4.79 Å². The van der Waals surface area contributed by atoms with Crippen LogP contribution in [-0.4, -0.2) is 36.0 Å². The van der Waals surface area contributed by atoms with Crippen LogP contribution in [0.3, 0.4) is 0 Å². The minimum Gasteiger partial charge on any atom is -0.340 e. The molecule has 1 amide bonds. The summed E-state index contributed by atoms with van der Waals surface area (Å²) in [4.78, 5) is 14.0. The van der Waals surface area contributed by atoms with E-state index in [1.54, 1.807) is 0 Å². The number of nitrogens with one attached hydrogen (secondary N) is 1. The van der Waals surface area contributed by atoms with Crippen LogP contribution in [0.15, 0.2) is 0 Å². The fourth-order valence-corrected chi connectivity index (χ4v) is 2.20. The molecule has 1 fully saturated rings. The van der Waals surface area contributed by atoms with Gasteiger partial charge in [-0.2, -0.15) is 0 Å². The average Bonchev–Trinajstić information content (AvgIpc) is 2.64. The largest absolute Gasteiger partial charge is 0.340 e. The van der Waals surface area contributed by atoms with E-state index in [1.165, 1.54) is 12.8 Å². The van der Waals surface area contributed by atoms with Gasteiger partial charge in [0.25, 0.3) is 0 Å². The highest BCUT2D eigenvalue weighted by molar-refractivity contribution is 5.77. The van der Waals surface area contributed by atoms with E-state index in [1.807, 2.05) is 0 Å². The molecule has 0 aromatic carbocycles. The van der Waals surface area contributed by atoms with E-state index >= 15 is 0 Å². The number of rotatable bonds is 5. The van der Waals surface area contributed by atoms with Crippen LogP contribution in [0.4, 0.5) is 0 Å². The van der Waals surface area contributed by atoms with Gasteiger partial charge >= 0.3 is 0 Å². The Morgan fingerprint density at radius 1 is 1.53 bits per heavy atom. The molecule has 0 bridgehead atoms. The second-order valence-electron chi connectivity index (χ2n) is 4.65. The Labute approximate surface area is 93.2 Å². The molecule has 1 aliphatic rings. The normalized spacial score (nSPS) is 21.3. The fourth-order valence-electron chi connectivity index (χ4n) is 2.20. The first-order valence-corrected chi connectivity index (χ1v) is 6.18. The van der Waals surface area contributed by atoms with Crippen LogP contribution in [0.1, 0.15) is 46.5 Å². The molecule has 0 aromatic heterocycles. The van der Waals surface area contributed by atoms with Gasteiger partial charge in [0.1, 0.15) is 0 Å². The summed E-state index contributed by atoms with van der Waals surface area (Å²) in [7, 11) is 0. The Balaban J connectivity index is 2.27. The van der Waals surface area contributed by atoms with Crippen LogP contribution in [0.2, 0.25) is 0 Å². The highest BCUT2D eigenvalue weighted by atomic mass is 16.2. The molecule has 0 radical (unpaired) electrons. The molecule has 3 nitrogen and oxygen atoms in total. The maximum Gasteiger partial charge on any atom is 0.224 e. The van der Waals surface area contributed by atoms with Crippen molar-refractivity contribution in [1.82, 2.24) is 10.2 Å². The first-order chi connectivity index (χ1) is 7.15. The number of hydrogen-bond donors (Lipinski definition) is 1. The van der Waals surface area contributed by atoms with Crippen LogP contribution >= 0.6 is 0 Å². The average molecular weight is 212 g/mol. The zero-order chi connectivity index (χ0) is 11.3. The lowest BCUT2D eigenvalue weighted by molar-refractivity contribution is -0.131. The van der Waals surface area contributed by atoms with Crippen LogP contribution in [0.5, 0.6) is 0 Å². The van der Waals surface area contributed by atoms with Crippen molar-refractivity contribution in [2.75, 3.05) is 13.1 Å². The summed E-state index contributed by atoms with van der Waals surface area (Å²) in [5, 5.41) is 3.29. The summed E-state index contributed by atoms with van der Waals surface area (Å²) in [5.41, 5.74) is 0. The number of amides is 1. The van der Waals surface area contributed by atoms with Crippen LogP contribution in [-0.2, 0) is 4.79 Å². The lowest BCUT2D eigenvalue weighted by atomic mass is 10.1. The summed E-state index contributed by atoms with van der Waals surface area (Å²) in [6, 6.07) is 0.981. The fraction of sp³-hybridized carbons (Fsp3) is 0.917. The Morgan fingerprint density at radius 3 is 2.87 bits per heavy atom. The molecule has 0 saturated carbocycles. The topological polar surface area (TPSA) is 32.3 Å². The Bertz CT molecular complexity index is 204. The quantitative estimate of drug-likeness (QED) is 0.753. The van der Waals surface area contributed by atoms with Gasteiger partial charge < -0.3 is 10.2 Å². The first-order valence-electron chi connectivity index (χ1n) is 6.18. The first kappa shape index (κ1) is 12.5. The van der Waals surface area contributed by atoms with Crippen molar-refractivity contribution in [1.29, 1.82) is 0 Å². The summed E-state index contributed by atoms with van der Waals surface area (Å²) in [5.74, 6) is 0.326. The van der Waals surface area contributed by atoms with Crippen LogP contribution in [0.25, 0.3) is 0 Å². The molecule has 1 aliphatic heterocycles. The minimum absolute atomic E-state index is 0.326. The Kier molecular flexibility index (Phi) is 5.09. The molecular weight excluding hydrogens is 188 g/mol. The number of likely N-dealkylation sites (tertiary alicyclic amines) is 1. The van der Waals surface area contributed by atoms with E-state index in [0.29, 0.717) is 24.4 Å². The molecule has 1 rings (SSSR count). The summed E-state index contributed by atoms with van der Waals surface area (Å²) < 4.78 is 0. The maximum absolute atomic E-state index is 11.9. The van der Waals surface area contributed by atoms with Gasteiger partial charge in [-0.05, 0) is 19.3 Å². The summed E-state index contributed by atoms with van der Waals surface area (Å²) in [6.45, 7) is 8.16. The second kappa shape index (κ2) is 6.11. The standard InChI is InChI=1S/C12H24N2O/c1-4-11-6-5-9-14(11)12(15)7-8-13-10(2)3/h10-11,13H,4-9H2,1-3H3. The van der Waals surface area contributed by atoms with Gasteiger partial charge in [-0.15, -0.1) is 0 Å². The Hall–Kier alpha value is -0.570. The lowest BCUT2D eigenvalue weighted by Crippen LogP contribution is -2.37. The molecular formula is C12H24N2O. The van der Waals surface area contributed by atoms with Crippen molar-refractivity contribution in [2.45, 2.75) is 58.5 Å². The van der Waals surface area contributed by atoms with E-state index in [-0.39, 0.29) is 0 Å². The molecule has 0 spiro atoms. The van der Waals surface area contributed by atoms with Gasteiger partial charge in [0.2, 0.25) is 5.91 Å². The van der Waals surface area contributed by atoms with E-state index in [2.05, 4.69) is 31.0 Å². The number of carbonyl (C=O) groups excluding carboxylic acids is 1. The molecule has 1 N–H and O–H groups in total. The van der Waals surface area contributed by atoms with Crippen molar-refractivity contribution in [3.63, 3.8) is 0 Å². The van der Waals surface area contributed by atoms with Gasteiger partial charge in [-0.3, -0.25) is 4.79 Å². The molecule has 1 saturated heterocycles. The van der Waals surface area contributed by atoms with Crippen LogP contribution < -0.4 is 5.32 Å². The predicted molar refractivity (Wildman–Crippen MR) is 62.8 cm³/mol. The zero-order valence-electron chi connectivity index (χ0n) is 10.3. The van der Waals surface area contributed by atoms with E-state index in [4.69, 9.17) is 0 Å². The molecule has 0 aromatic rings. The van der Waals surface area contributed by atoms with Gasteiger partial charge in [-0.25, -0.2) is 0 Å². The minimum atomic E-state index is 0.326. The molecule has 3 heteroatoms. The predicted octanol–water partition coefficient (Wildman–Crippen LogP) is 1.78. The third-order valence-corrected chi connectivity index (χ3v) is 3.06. The molecule has 88 valence electrons. The van der Waals surface area contributed by atoms with Gasteiger partial charge in [0.05, 0.1) is 0 Å². The summed E-state index contributed by atoms with van der Waals surface area (Å²) in [6.07, 6.45) is 4.12. The van der Waals surface area contributed by atoms with Gasteiger partial charge in [0, 0.05) is 31.6 Å². The van der Waals surface area contributed by atoms with Gasteiger partial charge in [-0.1, -0.05) is 20.8 Å². The second-order valence-corrected chi connectivity index (χ2v) is 4.65. The zero-order valence-corrected chi connectivity index (χ0v) is 10.3. The molecule has 1 atom stereocenters. The van der Waals surface area contributed by atoms with Crippen LogP contribution in [0, 0.1) is 0 Å². The van der Waals surface area contributed by atoms with Crippen molar-refractivity contribution >= 4 is 5.91 Å². The molecule has 1 unspecified atom stereocenters. The lowest BCUT2D eigenvalue weighted by Gasteiger charge is -2.23. The van der Waals surface area contributed by atoms with E-state index in [0.717, 1.165) is 19.5 Å². The highest BCUT2D eigenvalue weighted by Crippen LogP contribution is 2.20. The van der Waals surface area contributed by atoms with Gasteiger partial charge in [0.15, 0.2) is 0 Å². The number of hydrogen-bond acceptors (Lipinski definition) is 2. The highest BCUT2D eigenvalue weighted by Gasteiger charge is 2.26.